The summed E-state index contributed by atoms with van der Waals surface area (Å²) in [6.45, 7) is 2.86. The van der Waals surface area contributed by atoms with Gasteiger partial charge in [0.05, 0.1) is 6.10 Å². The number of para-hydroxylation sites is 1. The monoisotopic (exact) mass is 260 g/mol. The van der Waals surface area contributed by atoms with Crippen molar-refractivity contribution < 1.29 is 5.11 Å². The Labute approximate surface area is 115 Å². The largest absolute Gasteiger partial charge is 0.390 e. The maximum Gasteiger partial charge on any atom is 0.0867 e. The fourth-order valence-electron chi connectivity index (χ4n) is 3.33. The van der Waals surface area contributed by atoms with Crippen LogP contribution >= 0.6 is 0 Å². The third-order valence-corrected chi connectivity index (χ3v) is 4.45. The number of anilines is 1. The number of aliphatic hydroxyl groups is 1. The molecule has 2 unspecified atom stereocenters. The molecule has 2 aliphatic heterocycles. The van der Waals surface area contributed by atoms with Crippen LogP contribution in [0.2, 0.25) is 0 Å². The minimum absolute atomic E-state index is 0.260. The second-order valence-electron chi connectivity index (χ2n) is 5.80. The molecule has 3 nitrogen and oxygen atoms in total. The number of rotatable bonds is 3. The molecule has 1 fully saturated rings. The standard InChI is InChI=1S/C16H24N2O/c19-16(14-7-2-1-5-10-17-14)12-18-11-9-13-6-3-4-8-15(13)18/h3-4,6,8,14,16-17,19H,1-2,5,7,9-12H2. The van der Waals surface area contributed by atoms with Gasteiger partial charge in [-0.3, -0.25) is 0 Å². The van der Waals surface area contributed by atoms with Crippen LogP contribution < -0.4 is 10.2 Å². The zero-order valence-corrected chi connectivity index (χ0v) is 11.5. The zero-order chi connectivity index (χ0) is 13.1. The lowest BCUT2D eigenvalue weighted by atomic mass is 10.0. The predicted molar refractivity (Wildman–Crippen MR) is 78.6 cm³/mol. The van der Waals surface area contributed by atoms with Gasteiger partial charge in [0, 0.05) is 24.8 Å². The topological polar surface area (TPSA) is 35.5 Å². The average molecular weight is 260 g/mol. The molecule has 1 saturated heterocycles. The molecule has 3 rings (SSSR count). The quantitative estimate of drug-likeness (QED) is 0.872. The van der Waals surface area contributed by atoms with Crippen LogP contribution in [0.3, 0.4) is 0 Å². The third kappa shape index (κ3) is 2.93. The van der Waals surface area contributed by atoms with E-state index in [1.807, 2.05) is 0 Å². The van der Waals surface area contributed by atoms with E-state index in [1.54, 1.807) is 0 Å². The highest BCUT2D eigenvalue weighted by Gasteiger charge is 2.25. The first-order chi connectivity index (χ1) is 9.34. The minimum atomic E-state index is -0.260. The van der Waals surface area contributed by atoms with Gasteiger partial charge >= 0.3 is 0 Å². The Morgan fingerprint density at radius 2 is 2.16 bits per heavy atom. The summed E-state index contributed by atoms with van der Waals surface area (Å²) < 4.78 is 0. The van der Waals surface area contributed by atoms with Crippen molar-refractivity contribution >= 4 is 5.69 Å². The van der Waals surface area contributed by atoms with Crippen LogP contribution in [-0.2, 0) is 6.42 Å². The Bertz CT molecular complexity index is 413. The molecule has 2 N–H and O–H groups in total. The van der Waals surface area contributed by atoms with E-state index in [9.17, 15) is 5.11 Å². The smallest absolute Gasteiger partial charge is 0.0867 e. The Balaban J connectivity index is 1.62. The molecule has 0 aromatic heterocycles. The van der Waals surface area contributed by atoms with E-state index >= 15 is 0 Å². The Hall–Kier alpha value is -1.06. The van der Waals surface area contributed by atoms with E-state index in [1.165, 1.54) is 30.5 Å². The molecule has 1 aromatic carbocycles. The van der Waals surface area contributed by atoms with E-state index < -0.39 is 0 Å². The summed E-state index contributed by atoms with van der Waals surface area (Å²) in [6, 6.07) is 8.84. The van der Waals surface area contributed by atoms with Gasteiger partial charge < -0.3 is 15.3 Å². The molecular formula is C16H24N2O. The summed E-state index contributed by atoms with van der Waals surface area (Å²) in [4.78, 5) is 2.34. The van der Waals surface area contributed by atoms with Crippen molar-refractivity contribution in [3.63, 3.8) is 0 Å². The number of β-amino-alcohol motifs (C(OH)–C–C–N with tert-alkyl or cyclic N) is 1. The summed E-state index contributed by atoms with van der Waals surface area (Å²) in [7, 11) is 0. The van der Waals surface area contributed by atoms with Crippen molar-refractivity contribution in [2.75, 3.05) is 24.5 Å². The normalized spacial score (nSPS) is 24.9. The van der Waals surface area contributed by atoms with Gasteiger partial charge in [-0.1, -0.05) is 31.0 Å². The molecule has 0 amide bonds. The minimum Gasteiger partial charge on any atom is -0.390 e. The first-order valence-corrected chi connectivity index (χ1v) is 7.59. The third-order valence-electron chi connectivity index (χ3n) is 4.45. The van der Waals surface area contributed by atoms with Crippen LogP contribution in [0, 0.1) is 0 Å². The van der Waals surface area contributed by atoms with E-state index in [0.717, 1.165) is 32.5 Å². The van der Waals surface area contributed by atoms with Crippen molar-refractivity contribution in [1.82, 2.24) is 5.32 Å². The van der Waals surface area contributed by atoms with Gasteiger partial charge in [-0.2, -0.15) is 0 Å². The summed E-state index contributed by atoms with van der Waals surface area (Å²) in [5.74, 6) is 0. The van der Waals surface area contributed by atoms with Gasteiger partial charge in [0.1, 0.15) is 0 Å². The molecular weight excluding hydrogens is 236 g/mol. The second kappa shape index (κ2) is 5.93. The highest BCUT2D eigenvalue weighted by atomic mass is 16.3. The lowest BCUT2D eigenvalue weighted by Crippen LogP contribution is -2.45. The van der Waals surface area contributed by atoms with Crippen LogP contribution in [0.25, 0.3) is 0 Å². The molecule has 0 aliphatic carbocycles. The number of benzene rings is 1. The summed E-state index contributed by atoms with van der Waals surface area (Å²) >= 11 is 0. The van der Waals surface area contributed by atoms with Gasteiger partial charge in [0.25, 0.3) is 0 Å². The van der Waals surface area contributed by atoms with Crippen LogP contribution in [0.1, 0.15) is 31.2 Å². The molecule has 104 valence electrons. The molecule has 0 radical (unpaired) electrons. The number of hydrogen-bond donors (Lipinski definition) is 2. The van der Waals surface area contributed by atoms with Crippen molar-refractivity contribution in [3.8, 4) is 0 Å². The number of nitrogens with zero attached hydrogens (tertiary/aromatic N) is 1. The average Bonchev–Trinajstić information content (AvgIpc) is 2.66. The Kier molecular flexibility index (Phi) is 4.04. The molecule has 2 heterocycles. The van der Waals surface area contributed by atoms with Crippen molar-refractivity contribution in [2.24, 2.45) is 0 Å². The van der Waals surface area contributed by atoms with Gasteiger partial charge in [-0.15, -0.1) is 0 Å². The Morgan fingerprint density at radius 1 is 1.26 bits per heavy atom. The molecule has 1 aromatic rings. The molecule has 3 heteroatoms. The summed E-state index contributed by atoms with van der Waals surface area (Å²) in [5.41, 5.74) is 2.73. The first kappa shape index (κ1) is 12.9. The SMILES string of the molecule is OC(CN1CCc2ccccc21)C1CCCCCN1. The maximum atomic E-state index is 10.5. The lowest BCUT2D eigenvalue weighted by Gasteiger charge is -2.28. The molecule has 0 saturated carbocycles. The molecule has 2 aliphatic rings. The highest BCUT2D eigenvalue weighted by molar-refractivity contribution is 5.57. The van der Waals surface area contributed by atoms with Crippen LogP contribution in [0.5, 0.6) is 0 Å². The predicted octanol–water partition coefficient (Wildman–Crippen LogP) is 1.94. The fourth-order valence-corrected chi connectivity index (χ4v) is 3.33. The van der Waals surface area contributed by atoms with Gasteiger partial charge in [-0.05, 0) is 37.4 Å². The van der Waals surface area contributed by atoms with Crippen LogP contribution in [-0.4, -0.2) is 36.9 Å². The summed E-state index contributed by atoms with van der Waals surface area (Å²) in [6.07, 6.45) is 5.74. The number of fused-ring (bicyclic) bond motifs is 1. The maximum absolute atomic E-state index is 10.5. The molecule has 0 bridgehead atoms. The molecule has 0 spiro atoms. The molecule has 2 atom stereocenters. The Morgan fingerprint density at radius 3 is 3.11 bits per heavy atom. The second-order valence-corrected chi connectivity index (χ2v) is 5.80. The zero-order valence-electron chi connectivity index (χ0n) is 11.5. The van der Waals surface area contributed by atoms with E-state index in [2.05, 4.69) is 34.5 Å². The first-order valence-electron chi connectivity index (χ1n) is 7.59. The van der Waals surface area contributed by atoms with Gasteiger partial charge in [0.15, 0.2) is 0 Å². The van der Waals surface area contributed by atoms with Gasteiger partial charge in [-0.25, -0.2) is 0 Å². The lowest BCUT2D eigenvalue weighted by molar-refractivity contribution is 0.130. The molecule has 19 heavy (non-hydrogen) atoms. The van der Waals surface area contributed by atoms with Crippen LogP contribution in [0.4, 0.5) is 5.69 Å². The van der Waals surface area contributed by atoms with Crippen molar-refractivity contribution in [1.29, 1.82) is 0 Å². The van der Waals surface area contributed by atoms with E-state index in [0.29, 0.717) is 0 Å². The van der Waals surface area contributed by atoms with E-state index in [4.69, 9.17) is 0 Å². The van der Waals surface area contributed by atoms with Gasteiger partial charge in [0.2, 0.25) is 0 Å². The fraction of sp³-hybridized carbons (Fsp3) is 0.625. The van der Waals surface area contributed by atoms with Crippen molar-refractivity contribution in [3.05, 3.63) is 29.8 Å². The number of hydrogen-bond acceptors (Lipinski definition) is 3. The van der Waals surface area contributed by atoms with E-state index in [-0.39, 0.29) is 12.1 Å². The number of aliphatic hydroxyl groups excluding tert-OH is 1. The summed E-state index contributed by atoms with van der Waals surface area (Å²) in [5, 5.41) is 14.0. The van der Waals surface area contributed by atoms with Crippen LogP contribution in [0.15, 0.2) is 24.3 Å². The highest BCUT2D eigenvalue weighted by Crippen LogP contribution is 2.27. The number of nitrogens with one attached hydrogen (secondary N) is 1. The van der Waals surface area contributed by atoms with Crippen molar-refractivity contribution in [2.45, 2.75) is 44.2 Å².